The first-order valence-electron chi connectivity index (χ1n) is 9.28. The maximum atomic E-state index is 12.5. The van der Waals surface area contributed by atoms with Crippen LogP contribution in [-0.2, 0) is 30.4 Å². The van der Waals surface area contributed by atoms with Gasteiger partial charge in [0.15, 0.2) is 0 Å². The van der Waals surface area contributed by atoms with Gasteiger partial charge in [0.25, 0.3) is 0 Å². The number of carbonyl (C=O) groups is 5. The van der Waals surface area contributed by atoms with E-state index in [4.69, 9.17) is 16.6 Å². The van der Waals surface area contributed by atoms with Crippen molar-refractivity contribution in [2.24, 2.45) is 11.5 Å². The molecule has 8 N–H and O–H groups in total. The van der Waals surface area contributed by atoms with E-state index in [-0.39, 0.29) is 19.3 Å². The van der Waals surface area contributed by atoms with Crippen LogP contribution in [-0.4, -0.2) is 59.4 Å². The zero-order valence-corrected chi connectivity index (χ0v) is 16.6. The second-order valence-electron chi connectivity index (χ2n) is 6.71. The summed E-state index contributed by atoms with van der Waals surface area (Å²) in [4.78, 5) is 58.3. The fourth-order valence-corrected chi connectivity index (χ4v) is 2.41. The van der Waals surface area contributed by atoms with Crippen LogP contribution in [0.15, 0.2) is 30.3 Å². The number of benzene rings is 1. The van der Waals surface area contributed by atoms with Crippen LogP contribution in [0.3, 0.4) is 0 Å². The number of carboxylic acid groups (broad SMARTS) is 1. The minimum Gasteiger partial charge on any atom is -0.480 e. The van der Waals surface area contributed by atoms with Crippen LogP contribution in [0.25, 0.3) is 0 Å². The number of nitrogens with two attached hydrogens (primary N) is 2. The Morgan fingerprint density at radius 2 is 1.67 bits per heavy atom. The van der Waals surface area contributed by atoms with Gasteiger partial charge in [-0.3, -0.25) is 24.0 Å². The summed E-state index contributed by atoms with van der Waals surface area (Å²) < 4.78 is 0. The van der Waals surface area contributed by atoms with Gasteiger partial charge in [-0.1, -0.05) is 30.3 Å². The van der Waals surface area contributed by atoms with Crippen molar-refractivity contribution in [1.29, 1.82) is 0 Å². The number of amides is 4. The molecule has 11 heteroatoms. The van der Waals surface area contributed by atoms with Gasteiger partial charge >= 0.3 is 5.97 Å². The van der Waals surface area contributed by atoms with Gasteiger partial charge in [0.2, 0.25) is 23.6 Å². The molecule has 0 aliphatic heterocycles. The number of hydrogen-bond donors (Lipinski definition) is 6. The van der Waals surface area contributed by atoms with Crippen LogP contribution in [0.4, 0.5) is 0 Å². The molecule has 0 aromatic heterocycles. The lowest BCUT2D eigenvalue weighted by atomic mass is 10.0. The van der Waals surface area contributed by atoms with Crippen molar-refractivity contribution in [2.75, 3.05) is 6.54 Å². The second-order valence-corrected chi connectivity index (χ2v) is 6.71. The van der Waals surface area contributed by atoms with Crippen molar-refractivity contribution >= 4 is 29.6 Å². The maximum absolute atomic E-state index is 12.5. The van der Waals surface area contributed by atoms with Crippen LogP contribution < -0.4 is 27.4 Å². The molecule has 11 nitrogen and oxygen atoms in total. The summed E-state index contributed by atoms with van der Waals surface area (Å²) in [5.74, 6) is -3.79. The Morgan fingerprint density at radius 1 is 1.03 bits per heavy atom. The highest BCUT2D eigenvalue weighted by Crippen LogP contribution is 2.04. The standard InChI is InChI=1S/C19H27N5O6/c1-11(19(29)30)23-18(28)14(9-12-5-3-2-4-6-12)24-16(26)10-22-17(27)13(20)7-8-15(21)25/h2-6,11,13-14H,7-10,20H2,1H3,(H2,21,25)(H,22,27)(H,23,28)(H,24,26)(H,29,30). The Labute approximate surface area is 173 Å². The van der Waals surface area contributed by atoms with E-state index in [1.165, 1.54) is 6.92 Å². The molecule has 3 unspecified atom stereocenters. The van der Waals surface area contributed by atoms with E-state index in [0.29, 0.717) is 0 Å². The fraction of sp³-hybridized carbons (Fsp3) is 0.421. The molecule has 0 spiro atoms. The molecular weight excluding hydrogens is 394 g/mol. The average molecular weight is 421 g/mol. The van der Waals surface area contributed by atoms with Gasteiger partial charge in [-0.2, -0.15) is 0 Å². The van der Waals surface area contributed by atoms with E-state index in [0.717, 1.165) is 5.56 Å². The molecule has 1 rings (SSSR count). The maximum Gasteiger partial charge on any atom is 0.325 e. The molecule has 4 amide bonds. The smallest absolute Gasteiger partial charge is 0.325 e. The number of carboxylic acids is 1. The van der Waals surface area contributed by atoms with E-state index in [9.17, 15) is 24.0 Å². The number of primary amides is 1. The van der Waals surface area contributed by atoms with Gasteiger partial charge in [0.05, 0.1) is 12.6 Å². The lowest BCUT2D eigenvalue weighted by Gasteiger charge is -2.20. The molecule has 3 atom stereocenters. The van der Waals surface area contributed by atoms with Crippen molar-refractivity contribution in [3.8, 4) is 0 Å². The van der Waals surface area contributed by atoms with Crippen LogP contribution in [0, 0.1) is 0 Å². The van der Waals surface area contributed by atoms with Gasteiger partial charge in [-0.05, 0) is 18.9 Å². The zero-order valence-electron chi connectivity index (χ0n) is 16.6. The summed E-state index contributed by atoms with van der Waals surface area (Å²) in [6, 6.07) is 5.63. The van der Waals surface area contributed by atoms with Gasteiger partial charge in [0, 0.05) is 12.8 Å². The highest BCUT2D eigenvalue weighted by molar-refractivity contribution is 5.92. The Balaban J connectivity index is 2.69. The van der Waals surface area contributed by atoms with Crippen LogP contribution in [0.2, 0.25) is 0 Å². The van der Waals surface area contributed by atoms with E-state index in [1.54, 1.807) is 30.3 Å². The zero-order chi connectivity index (χ0) is 22.7. The normalized spacial score (nSPS) is 13.4. The number of rotatable bonds is 12. The molecule has 164 valence electrons. The number of carbonyl (C=O) groups excluding carboxylic acids is 4. The summed E-state index contributed by atoms with van der Waals surface area (Å²) in [5.41, 5.74) is 11.4. The molecule has 0 saturated heterocycles. The lowest BCUT2D eigenvalue weighted by Crippen LogP contribution is -2.54. The Bertz CT molecular complexity index is 770. The van der Waals surface area contributed by atoms with E-state index >= 15 is 0 Å². The van der Waals surface area contributed by atoms with Crippen molar-refractivity contribution in [3.63, 3.8) is 0 Å². The summed E-state index contributed by atoms with van der Waals surface area (Å²) in [6.07, 6.45) is 0.0909. The highest BCUT2D eigenvalue weighted by Gasteiger charge is 2.25. The second kappa shape index (κ2) is 12.2. The predicted molar refractivity (Wildman–Crippen MR) is 107 cm³/mol. The van der Waals surface area contributed by atoms with Gasteiger partial charge < -0.3 is 32.5 Å². The minimum atomic E-state index is -1.22. The number of hydrogen-bond acceptors (Lipinski definition) is 6. The van der Waals surface area contributed by atoms with Crippen molar-refractivity contribution in [2.45, 2.75) is 44.3 Å². The van der Waals surface area contributed by atoms with Crippen LogP contribution >= 0.6 is 0 Å². The van der Waals surface area contributed by atoms with Crippen molar-refractivity contribution < 1.29 is 29.1 Å². The summed E-state index contributed by atoms with van der Waals surface area (Å²) >= 11 is 0. The number of nitrogens with one attached hydrogen (secondary N) is 3. The fourth-order valence-electron chi connectivity index (χ4n) is 2.41. The summed E-state index contributed by atoms with van der Waals surface area (Å²) in [5, 5.41) is 16.1. The molecular formula is C19H27N5O6. The highest BCUT2D eigenvalue weighted by atomic mass is 16.4. The van der Waals surface area contributed by atoms with Crippen molar-refractivity contribution in [1.82, 2.24) is 16.0 Å². The first kappa shape index (κ1) is 24.6. The van der Waals surface area contributed by atoms with Gasteiger partial charge in [-0.15, -0.1) is 0 Å². The first-order valence-corrected chi connectivity index (χ1v) is 9.28. The third-order valence-corrected chi connectivity index (χ3v) is 4.13. The molecule has 0 heterocycles. The predicted octanol–water partition coefficient (Wildman–Crippen LogP) is -1.99. The number of aliphatic carboxylic acids is 1. The summed E-state index contributed by atoms with van der Waals surface area (Å²) in [7, 11) is 0. The topological polar surface area (TPSA) is 194 Å². The van der Waals surface area contributed by atoms with Crippen molar-refractivity contribution in [3.05, 3.63) is 35.9 Å². The molecule has 1 aromatic carbocycles. The quantitative estimate of drug-likeness (QED) is 0.225. The molecule has 30 heavy (non-hydrogen) atoms. The van der Waals surface area contributed by atoms with E-state index in [1.807, 2.05) is 0 Å². The monoisotopic (exact) mass is 421 g/mol. The molecule has 0 fully saturated rings. The van der Waals surface area contributed by atoms with E-state index in [2.05, 4.69) is 16.0 Å². The Hall–Kier alpha value is -3.47. The molecule has 0 radical (unpaired) electrons. The lowest BCUT2D eigenvalue weighted by molar-refractivity contribution is -0.141. The minimum absolute atomic E-state index is 0.0366. The third-order valence-electron chi connectivity index (χ3n) is 4.13. The Kier molecular flexibility index (Phi) is 9.97. The Morgan fingerprint density at radius 3 is 2.23 bits per heavy atom. The average Bonchev–Trinajstić information content (AvgIpc) is 2.70. The molecule has 1 aromatic rings. The van der Waals surface area contributed by atoms with Gasteiger partial charge in [0.1, 0.15) is 12.1 Å². The molecule has 0 saturated carbocycles. The van der Waals surface area contributed by atoms with E-state index < -0.39 is 54.3 Å². The van der Waals surface area contributed by atoms with Crippen LogP contribution in [0.1, 0.15) is 25.3 Å². The summed E-state index contributed by atoms with van der Waals surface area (Å²) in [6.45, 7) is 0.853. The van der Waals surface area contributed by atoms with Gasteiger partial charge in [-0.25, -0.2) is 0 Å². The molecule has 0 aliphatic carbocycles. The first-order chi connectivity index (χ1) is 14.1. The SMILES string of the molecule is CC(NC(=O)C(Cc1ccccc1)NC(=O)CNC(=O)C(N)CCC(N)=O)C(=O)O. The third kappa shape index (κ3) is 9.15. The molecule has 0 aliphatic rings. The van der Waals surface area contributed by atoms with Crippen LogP contribution in [0.5, 0.6) is 0 Å². The largest absolute Gasteiger partial charge is 0.480 e. The molecule has 0 bridgehead atoms.